The zero-order valence-electron chi connectivity index (χ0n) is 10.6. The Morgan fingerprint density at radius 2 is 1.68 bits per heavy atom. The van der Waals surface area contributed by atoms with Gasteiger partial charge in [-0.25, -0.2) is 12.4 Å². The summed E-state index contributed by atoms with van der Waals surface area (Å²) >= 11 is 0. The minimum Gasteiger partial charge on any atom is -0.497 e. The molecular weight excluding hydrogens is 262 g/mol. The van der Waals surface area contributed by atoms with E-state index in [0.29, 0.717) is 16.8 Å². The summed E-state index contributed by atoms with van der Waals surface area (Å²) in [6.45, 7) is 0. The van der Waals surface area contributed by atoms with Gasteiger partial charge in [-0.1, -0.05) is 18.2 Å². The van der Waals surface area contributed by atoms with E-state index in [1.807, 2.05) is 36.4 Å². The standard InChI is InChI=1S/C14H13NO3S/c1-18-10-7-8-12-11-5-3-4-6-13(11)15(14(12)9-10)19(2,16)17/h3-9H,1-2H3. The summed E-state index contributed by atoms with van der Waals surface area (Å²) < 4.78 is 30.6. The van der Waals surface area contributed by atoms with Crippen molar-refractivity contribution in [2.45, 2.75) is 0 Å². The van der Waals surface area contributed by atoms with Crippen LogP contribution in [0.2, 0.25) is 0 Å². The predicted molar refractivity (Wildman–Crippen MR) is 76.2 cm³/mol. The number of nitrogens with zero attached hydrogens (tertiary/aromatic N) is 1. The molecule has 0 aliphatic carbocycles. The van der Waals surface area contributed by atoms with E-state index in [-0.39, 0.29) is 0 Å². The molecule has 0 amide bonds. The summed E-state index contributed by atoms with van der Waals surface area (Å²) in [7, 11) is -1.81. The Kier molecular flexibility index (Phi) is 2.53. The first-order valence-corrected chi connectivity index (χ1v) is 7.65. The molecule has 3 rings (SSSR count). The van der Waals surface area contributed by atoms with Gasteiger partial charge < -0.3 is 4.74 Å². The van der Waals surface area contributed by atoms with E-state index in [2.05, 4.69) is 0 Å². The molecule has 0 saturated carbocycles. The number of benzene rings is 2. The Morgan fingerprint density at radius 1 is 1.00 bits per heavy atom. The van der Waals surface area contributed by atoms with Gasteiger partial charge in [-0.2, -0.15) is 0 Å². The van der Waals surface area contributed by atoms with Crippen molar-refractivity contribution in [1.29, 1.82) is 0 Å². The van der Waals surface area contributed by atoms with Gasteiger partial charge >= 0.3 is 0 Å². The number of hydrogen-bond donors (Lipinski definition) is 0. The Bertz CT molecular complexity index is 878. The van der Waals surface area contributed by atoms with Crippen molar-refractivity contribution in [3.8, 4) is 5.75 Å². The third-order valence-corrected chi connectivity index (χ3v) is 4.23. The van der Waals surface area contributed by atoms with Gasteiger partial charge in [0, 0.05) is 16.8 Å². The Hall–Kier alpha value is -2.01. The smallest absolute Gasteiger partial charge is 0.236 e. The van der Waals surface area contributed by atoms with E-state index >= 15 is 0 Å². The molecule has 0 fully saturated rings. The molecule has 0 atom stereocenters. The van der Waals surface area contributed by atoms with E-state index in [1.165, 1.54) is 10.2 Å². The zero-order valence-corrected chi connectivity index (χ0v) is 11.4. The number of hydrogen-bond acceptors (Lipinski definition) is 3. The molecule has 0 unspecified atom stereocenters. The highest BCUT2D eigenvalue weighted by Crippen LogP contribution is 2.32. The minimum atomic E-state index is -3.38. The van der Waals surface area contributed by atoms with E-state index in [9.17, 15) is 8.42 Å². The first kappa shape index (κ1) is 12.0. The summed E-state index contributed by atoms with van der Waals surface area (Å²) in [6.07, 6.45) is 1.21. The van der Waals surface area contributed by atoms with Gasteiger partial charge in [0.05, 0.1) is 24.4 Å². The molecule has 98 valence electrons. The van der Waals surface area contributed by atoms with E-state index < -0.39 is 10.0 Å². The van der Waals surface area contributed by atoms with Gasteiger partial charge in [-0.05, 0) is 18.2 Å². The highest BCUT2D eigenvalue weighted by molar-refractivity contribution is 7.89. The van der Waals surface area contributed by atoms with Gasteiger partial charge in [-0.15, -0.1) is 0 Å². The molecule has 0 saturated heterocycles. The number of methoxy groups -OCH3 is 1. The van der Waals surface area contributed by atoms with E-state index in [4.69, 9.17) is 4.74 Å². The van der Waals surface area contributed by atoms with Crippen LogP contribution in [0.3, 0.4) is 0 Å². The van der Waals surface area contributed by atoms with E-state index in [1.54, 1.807) is 13.2 Å². The van der Waals surface area contributed by atoms with Crippen LogP contribution in [0.4, 0.5) is 0 Å². The van der Waals surface area contributed by atoms with Gasteiger partial charge in [-0.3, -0.25) is 0 Å². The maximum absolute atomic E-state index is 12.0. The summed E-state index contributed by atoms with van der Waals surface area (Å²) in [5.74, 6) is 0.639. The number of ether oxygens (including phenoxy) is 1. The topological polar surface area (TPSA) is 48.3 Å². The lowest BCUT2D eigenvalue weighted by molar-refractivity contribution is 0.415. The molecule has 0 radical (unpaired) electrons. The fraction of sp³-hybridized carbons (Fsp3) is 0.143. The van der Waals surface area contributed by atoms with Crippen LogP contribution in [0.25, 0.3) is 21.8 Å². The fourth-order valence-electron chi connectivity index (χ4n) is 2.40. The van der Waals surface area contributed by atoms with Crippen LogP contribution in [0.5, 0.6) is 5.75 Å². The zero-order chi connectivity index (χ0) is 13.6. The summed E-state index contributed by atoms with van der Waals surface area (Å²) in [5.41, 5.74) is 1.33. The van der Waals surface area contributed by atoms with Crippen LogP contribution in [0, 0.1) is 0 Å². The predicted octanol–water partition coefficient (Wildman–Crippen LogP) is 2.61. The fourth-order valence-corrected chi connectivity index (χ4v) is 3.42. The lowest BCUT2D eigenvalue weighted by atomic mass is 10.1. The van der Waals surface area contributed by atoms with Gasteiger partial charge in [0.25, 0.3) is 0 Å². The van der Waals surface area contributed by atoms with Crippen LogP contribution in [-0.2, 0) is 10.0 Å². The molecule has 1 heterocycles. The first-order chi connectivity index (χ1) is 9.02. The second-order valence-electron chi connectivity index (χ2n) is 4.43. The van der Waals surface area contributed by atoms with Crippen molar-refractivity contribution in [2.75, 3.05) is 13.4 Å². The Morgan fingerprint density at radius 3 is 2.37 bits per heavy atom. The van der Waals surface area contributed by atoms with Gasteiger partial charge in [0.2, 0.25) is 10.0 Å². The molecule has 0 aliphatic heterocycles. The van der Waals surface area contributed by atoms with Gasteiger partial charge in [0.1, 0.15) is 5.75 Å². The monoisotopic (exact) mass is 275 g/mol. The highest BCUT2D eigenvalue weighted by Gasteiger charge is 2.17. The molecule has 0 bridgehead atoms. The SMILES string of the molecule is COc1ccc2c3ccccc3n(S(C)(=O)=O)c2c1. The van der Waals surface area contributed by atoms with Crippen molar-refractivity contribution in [3.05, 3.63) is 42.5 Å². The second kappa shape index (κ2) is 3.99. The summed E-state index contributed by atoms with van der Waals surface area (Å²) in [5, 5.41) is 1.83. The summed E-state index contributed by atoms with van der Waals surface area (Å²) in [6, 6.07) is 12.9. The van der Waals surface area contributed by atoms with Crippen LogP contribution in [-0.4, -0.2) is 25.8 Å². The first-order valence-electron chi connectivity index (χ1n) is 5.80. The minimum absolute atomic E-state index is 0.639. The number of fused-ring (bicyclic) bond motifs is 3. The largest absolute Gasteiger partial charge is 0.497 e. The molecule has 5 heteroatoms. The third kappa shape index (κ3) is 1.77. The van der Waals surface area contributed by atoms with Crippen molar-refractivity contribution < 1.29 is 13.2 Å². The van der Waals surface area contributed by atoms with Crippen molar-refractivity contribution >= 4 is 31.8 Å². The van der Waals surface area contributed by atoms with Crippen LogP contribution in [0.1, 0.15) is 0 Å². The second-order valence-corrected chi connectivity index (χ2v) is 6.26. The molecule has 19 heavy (non-hydrogen) atoms. The maximum atomic E-state index is 12.0. The molecule has 3 aromatic rings. The number of para-hydroxylation sites is 1. The van der Waals surface area contributed by atoms with Gasteiger partial charge in [0.15, 0.2) is 0 Å². The molecule has 0 aliphatic rings. The normalized spacial score (nSPS) is 12.1. The average Bonchev–Trinajstić information content (AvgIpc) is 2.71. The lowest BCUT2D eigenvalue weighted by Crippen LogP contribution is -2.09. The molecule has 2 aromatic carbocycles. The molecule has 0 N–H and O–H groups in total. The number of rotatable bonds is 2. The molecule has 1 aromatic heterocycles. The molecule has 0 spiro atoms. The Balaban J connectivity index is 2.60. The third-order valence-electron chi connectivity index (χ3n) is 3.17. The molecule has 4 nitrogen and oxygen atoms in total. The van der Waals surface area contributed by atoms with Crippen LogP contribution < -0.4 is 4.74 Å². The quantitative estimate of drug-likeness (QED) is 0.722. The number of aromatic nitrogens is 1. The summed E-state index contributed by atoms with van der Waals surface area (Å²) in [4.78, 5) is 0. The van der Waals surface area contributed by atoms with E-state index in [0.717, 1.165) is 10.8 Å². The van der Waals surface area contributed by atoms with Crippen molar-refractivity contribution in [3.63, 3.8) is 0 Å². The maximum Gasteiger partial charge on any atom is 0.236 e. The van der Waals surface area contributed by atoms with Crippen molar-refractivity contribution in [2.24, 2.45) is 0 Å². The molecular formula is C14H13NO3S. The van der Waals surface area contributed by atoms with Crippen LogP contribution >= 0.6 is 0 Å². The van der Waals surface area contributed by atoms with Crippen molar-refractivity contribution in [1.82, 2.24) is 3.97 Å². The average molecular weight is 275 g/mol. The highest BCUT2D eigenvalue weighted by atomic mass is 32.2. The Labute approximate surface area is 111 Å². The lowest BCUT2D eigenvalue weighted by Gasteiger charge is -2.05. The van der Waals surface area contributed by atoms with Crippen LogP contribution in [0.15, 0.2) is 42.5 Å².